The van der Waals surface area contributed by atoms with Gasteiger partial charge in [-0.1, -0.05) is 80.6 Å². The van der Waals surface area contributed by atoms with E-state index in [-0.39, 0.29) is 5.57 Å². The van der Waals surface area contributed by atoms with Crippen LogP contribution in [-0.2, 0) is 19.6 Å². The molecule has 1 aliphatic rings. The van der Waals surface area contributed by atoms with Gasteiger partial charge in [-0.2, -0.15) is 10.5 Å². The Bertz CT molecular complexity index is 1290. The van der Waals surface area contributed by atoms with Gasteiger partial charge in [-0.25, -0.2) is 0 Å². The Morgan fingerprint density at radius 1 is 0.895 bits per heavy atom. The van der Waals surface area contributed by atoms with Gasteiger partial charge in [0.1, 0.15) is 18.0 Å². The molecule has 1 heterocycles. The SMILES string of the molecule is CCCNCc1ccc(CN(CC)CCN2CCN(Cc3cccc4ccccc34)C2=C(C#N)C#N)cc1. The predicted molar refractivity (Wildman–Crippen MR) is 154 cm³/mol. The Labute approximate surface area is 227 Å². The van der Waals surface area contributed by atoms with E-state index < -0.39 is 0 Å². The van der Waals surface area contributed by atoms with E-state index in [1.807, 2.05) is 0 Å². The summed E-state index contributed by atoms with van der Waals surface area (Å²) in [6.45, 7) is 12.1. The van der Waals surface area contributed by atoms with Gasteiger partial charge < -0.3 is 15.1 Å². The molecule has 0 unspecified atom stereocenters. The predicted octanol–water partition coefficient (Wildman–Crippen LogP) is 5.24. The van der Waals surface area contributed by atoms with Gasteiger partial charge in [0.2, 0.25) is 0 Å². The Morgan fingerprint density at radius 3 is 2.34 bits per heavy atom. The molecule has 38 heavy (non-hydrogen) atoms. The van der Waals surface area contributed by atoms with E-state index in [0.29, 0.717) is 6.54 Å². The molecule has 1 N–H and O–H groups in total. The second-order valence-electron chi connectivity index (χ2n) is 9.83. The molecule has 196 valence electrons. The van der Waals surface area contributed by atoms with Crippen molar-refractivity contribution in [3.8, 4) is 12.1 Å². The van der Waals surface area contributed by atoms with E-state index >= 15 is 0 Å². The molecule has 3 aromatic rings. The number of fused-ring (bicyclic) bond motifs is 1. The molecular weight excluding hydrogens is 468 g/mol. The van der Waals surface area contributed by atoms with Crippen molar-refractivity contribution in [1.29, 1.82) is 10.5 Å². The van der Waals surface area contributed by atoms with Crippen LogP contribution in [0.5, 0.6) is 0 Å². The molecule has 6 nitrogen and oxygen atoms in total. The number of hydrogen-bond acceptors (Lipinski definition) is 6. The van der Waals surface area contributed by atoms with Crippen molar-refractivity contribution in [3.05, 3.63) is 94.8 Å². The maximum Gasteiger partial charge on any atom is 0.169 e. The highest BCUT2D eigenvalue weighted by molar-refractivity contribution is 5.85. The topological polar surface area (TPSA) is 69.3 Å². The molecule has 1 fully saturated rings. The standard InChI is InChI=1S/C32H38N6/c1-3-16-35-23-26-12-14-27(15-13-26)24-36(4-2)17-18-37-19-20-38(32(37)30(21-33)22-34)25-29-10-7-9-28-8-5-6-11-31(28)29/h5-15,35H,3-4,16-20,23-25H2,1-2H3. The molecule has 1 aliphatic heterocycles. The van der Waals surface area contributed by atoms with Gasteiger partial charge in [-0.15, -0.1) is 0 Å². The van der Waals surface area contributed by atoms with Crippen LogP contribution >= 0.6 is 0 Å². The summed E-state index contributed by atoms with van der Waals surface area (Å²) >= 11 is 0. The van der Waals surface area contributed by atoms with Gasteiger partial charge in [0.25, 0.3) is 0 Å². The Balaban J connectivity index is 1.42. The van der Waals surface area contributed by atoms with E-state index in [2.05, 4.69) is 113 Å². The minimum Gasteiger partial charge on any atom is -0.354 e. The number of nitrogens with zero attached hydrogens (tertiary/aromatic N) is 5. The van der Waals surface area contributed by atoms with Gasteiger partial charge in [0.05, 0.1) is 0 Å². The van der Waals surface area contributed by atoms with E-state index in [0.717, 1.165) is 64.6 Å². The van der Waals surface area contributed by atoms with Crippen molar-refractivity contribution >= 4 is 10.8 Å². The van der Waals surface area contributed by atoms with Crippen molar-refractivity contribution in [3.63, 3.8) is 0 Å². The third-order valence-corrected chi connectivity index (χ3v) is 7.25. The lowest BCUT2D eigenvalue weighted by molar-refractivity contribution is 0.234. The van der Waals surface area contributed by atoms with Crippen LogP contribution in [0.2, 0.25) is 0 Å². The first-order valence-corrected chi connectivity index (χ1v) is 13.7. The van der Waals surface area contributed by atoms with Gasteiger partial charge in [-0.05, 0) is 47.0 Å². The van der Waals surface area contributed by atoms with Crippen molar-refractivity contribution in [2.75, 3.05) is 39.3 Å². The molecule has 4 rings (SSSR count). The van der Waals surface area contributed by atoms with Crippen molar-refractivity contribution in [2.45, 2.75) is 39.9 Å². The average molecular weight is 507 g/mol. The highest BCUT2D eigenvalue weighted by Gasteiger charge is 2.29. The molecule has 0 spiro atoms. The van der Waals surface area contributed by atoms with Gasteiger partial charge >= 0.3 is 0 Å². The second-order valence-corrected chi connectivity index (χ2v) is 9.83. The van der Waals surface area contributed by atoms with Gasteiger partial charge in [-0.3, -0.25) is 4.90 Å². The number of allylic oxidation sites excluding steroid dienone is 1. The molecular formula is C32H38N6. The highest BCUT2D eigenvalue weighted by atomic mass is 15.4. The molecule has 0 radical (unpaired) electrons. The van der Waals surface area contributed by atoms with Crippen LogP contribution in [0.4, 0.5) is 0 Å². The quantitative estimate of drug-likeness (QED) is 0.268. The lowest BCUT2D eigenvalue weighted by Crippen LogP contribution is -2.34. The summed E-state index contributed by atoms with van der Waals surface area (Å²) in [5.74, 6) is 0.767. The molecule has 6 heteroatoms. The molecule has 0 bridgehead atoms. The summed E-state index contributed by atoms with van der Waals surface area (Å²) in [5.41, 5.74) is 4.01. The fourth-order valence-corrected chi connectivity index (χ4v) is 5.14. The summed E-state index contributed by atoms with van der Waals surface area (Å²) in [5, 5.41) is 25.4. The molecule has 0 aliphatic carbocycles. The fraction of sp³-hybridized carbons (Fsp3) is 0.375. The minimum absolute atomic E-state index is 0.193. The molecule has 3 aromatic carbocycles. The summed E-state index contributed by atoms with van der Waals surface area (Å²) in [6.07, 6.45) is 1.14. The first-order valence-electron chi connectivity index (χ1n) is 13.7. The Hall–Kier alpha value is -3.84. The van der Waals surface area contributed by atoms with Crippen LogP contribution < -0.4 is 5.32 Å². The molecule has 1 saturated heterocycles. The zero-order valence-corrected chi connectivity index (χ0v) is 22.7. The largest absolute Gasteiger partial charge is 0.354 e. The molecule has 0 amide bonds. The number of nitriles is 2. The summed E-state index contributed by atoms with van der Waals surface area (Å²) < 4.78 is 0. The smallest absolute Gasteiger partial charge is 0.169 e. The maximum atomic E-state index is 9.77. The first kappa shape index (κ1) is 27.2. The minimum atomic E-state index is 0.193. The van der Waals surface area contributed by atoms with E-state index in [4.69, 9.17) is 0 Å². The van der Waals surface area contributed by atoms with Gasteiger partial charge in [0, 0.05) is 45.8 Å². The van der Waals surface area contributed by atoms with Crippen LogP contribution in [0.15, 0.2) is 78.1 Å². The van der Waals surface area contributed by atoms with Crippen LogP contribution in [-0.4, -0.2) is 54.0 Å². The number of likely N-dealkylation sites (N-methyl/N-ethyl adjacent to an activating group) is 1. The second kappa shape index (κ2) is 13.6. The third-order valence-electron chi connectivity index (χ3n) is 7.25. The van der Waals surface area contributed by atoms with Crippen LogP contribution in [0.1, 0.15) is 37.0 Å². The lowest BCUT2D eigenvalue weighted by Gasteiger charge is -2.28. The third kappa shape index (κ3) is 6.72. The van der Waals surface area contributed by atoms with E-state index in [1.54, 1.807) is 0 Å². The first-order chi connectivity index (χ1) is 18.7. The zero-order valence-electron chi connectivity index (χ0n) is 22.7. The van der Waals surface area contributed by atoms with Crippen LogP contribution in [0.25, 0.3) is 10.8 Å². The number of hydrogen-bond donors (Lipinski definition) is 1. The highest BCUT2D eigenvalue weighted by Crippen LogP contribution is 2.27. The zero-order chi connectivity index (χ0) is 26.7. The lowest BCUT2D eigenvalue weighted by atomic mass is 10.0. The maximum absolute atomic E-state index is 9.77. The summed E-state index contributed by atoms with van der Waals surface area (Å²) in [7, 11) is 0. The number of nitrogens with one attached hydrogen (secondary N) is 1. The summed E-state index contributed by atoms with van der Waals surface area (Å²) in [4.78, 5) is 6.84. The van der Waals surface area contributed by atoms with Gasteiger partial charge in [0.15, 0.2) is 5.57 Å². The van der Waals surface area contributed by atoms with E-state index in [1.165, 1.54) is 27.5 Å². The Kier molecular flexibility index (Phi) is 9.76. The van der Waals surface area contributed by atoms with Crippen molar-refractivity contribution < 1.29 is 0 Å². The molecule has 0 aromatic heterocycles. The van der Waals surface area contributed by atoms with Crippen molar-refractivity contribution in [2.24, 2.45) is 0 Å². The molecule has 0 atom stereocenters. The number of benzene rings is 3. The summed E-state index contributed by atoms with van der Waals surface area (Å²) in [6, 6.07) is 27.9. The molecule has 0 saturated carbocycles. The normalized spacial score (nSPS) is 13.2. The monoisotopic (exact) mass is 506 g/mol. The number of rotatable bonds is 12. The Morgan fingerprint density at radius 2 is 1.61 bits per heavy atom. The van der Waals surface area contributed by atoms with Crippen LogP contribution in [0, 0.1) is 22.7 Å². The van der Waals surface area contributed by atoms with Crippen LogP contribution in [0.3, 0.4) is 0 Å². The fourth-order valence-electron chi connectivity index (χ4n) is 5.14. The average Bonchev–Trinajstić information content (AvgIpc) is 3.35. The van der Waals surface area contributed by atoms with E-state index in [9.17, 15) is 10.5 Å². The van der Waals surface area contributed by atoms with Crippen molar-refractivity contribution in [1.82, 2.24) is 20.0 Å².